The van der Waals surface area contributed by atoms with Gasteiger partial charge in [0.15, 0.2) is 0 Å². The summed E-state index contributed by atoms with van der Waals surface area (Å²) < 4.78 is 5.06. The second kappa shape index (κ2) is 5.80. The lowest BCUT2D eigenvalue weighted by Gasteiger charge is -2.61. The molecule has 25 heavy (non-hydrogen) atoms. The number of aliphatic hydroxyl groups excluding tert-OH is 1. The van der Waals surface area contributed by atoms with Crippen molar-refractivity contribution in [2.75, 3.05) is 7.11 Å². The third-order valence-electron chi connectivity index (χ3n) is 9.08. The molecule has 0 aromatic carbocycles. The maximum Gasteiger partial charge on any atom is 0.309 e. The molecular formula is C21H32O4. The molecule has 0 bridgehead atoms. The summed E-state index contributed by atoms with van der Waals surface area (Å²) in [6, 6.07) is 0. The molecule has 4 aliphatic rings. The molecule has 4 fully saturated rings. The number of carbonyl (C=O) groups excluding carboxylic acids is 2. The molecule has 4 nitrogen and oxygen atoms in total. The van der Waals surface area contributed by atoms with E-state index in [9.17, 15) is 14.7 Å². The fourth-order valence-electron chi connectivity index (χ4n) is 7.54. The molecule has 0 unspecified atom stereocenters. The van der Waals surface area contributed by atoms with Crippen LogP contribution in [0, 0.1) is 40.4 Å². The first-order valence-electron chi connectivity index (χ1n) is 10.1. The zero-order chi connectivity index (χ0) is 18.0. The minimum Gasteiger partial charge on any atom is -0.469 e. The Hall–Kier alpha value is -0.900. The minimum absolute atomic E-state index is 0.148. The molecule has 4 heteroatoms. The van der Waals surface area contributed by atoms with E-state index in [-0.39, 0.29) is 22.7 Å². The number of esters is 1. The van der Waals surface area contributed by atoms with E-state index >= 15 is 0 Å². The minimum atomic E-state index is -0.446. The molecule has 0 amide bonds. The molecule has 4 saturated carbocycles. The predicted octanol–water partition coefficient (Wildman–Crippen LogP) is 3.36. The highest BCUT2D eigenvalue weighted by atomic mass is 16.5. The van der Waals surface area contributed by atoms with Crippen LogP contribution in [-0.4, -0.2) is 30.1 Å². The van der Waals surface area contributed by atoms with Crippen molar-refractivity contribution in [3.63, 3.8) is 0 Å². The second-order valence-electron chi connectivity index (χ2n) is 9.67. The van der Waals surface area contributed by atoms with Crippen molar-refractivity contribution in [1.29, 1.82) is 0 Å². The lowest BCUT2D eigenvalue weighted by molar-refractivity contribution is -0.179. The lowest BCUT2D eigenvalue weighted by atomic mass is 9.44. The summed E-state index contributed by atoms with van der Waals surface area (Å²) in [4.78, 5) is 24.3. The van der Waals surface area contributed by atoms with Gasteiger partial charge < -0.3 is 9.84 Å². The third-order valence-corrected chi connectivity index (χ3v) is 9.08. The van der Waals surface area contributed by atoms with Crippen LogP contribution in [0.2, 0.25) is 0 Å². The molecule has 8 atom stereocenters. The monoisotopic (exact) mass is 348 g/mol. The number of carbonyl (C=O) groups is 2. The molecule has 0 spiro atoms. The Morgan fingerprint density at radius 2 is 1.92 bits per heavy atom. The van der Waals surface area contributed by atoms with Crippen molar-refractivity contribution in [2.24, 2.45) is 40.4 Å². The Balaban J connectivity index is 1.66. The number of hydrogen-bond donors (Lipinski definition) is 1. The average molecular weight is 348 g/mol. The van der Waals surface area contributed by atoms with Crippen molar-refractivity contribution < 1.29 is 19.4 Å². The van der Waals surface area contributed by atoms with Crippen LogP contribution in [0.15, 0.2) is 0 Å². The maximum atomic E-state index is 12.3. The summed E-state index contributed by atoms with van der Waals surface area (Å²) in [5.74, 6) is 2.07. The fourth-order valence-corrected chi connectivity index (χ4v) is 7.54. The summed E-state index contributed by atoms with van der Waals surface area (Å²) in [6.45, 7) is 4.51. The van der Waals surface area contributed by atoms with Crippen LogP contribution in [0.25, 0.3) is 0 Å². The van der Waals surface area contributed by atoms with Gasteiger partial charge in [-0.2, -0.15) is 0 Å². The van der Waals surface area contributed by atoms with Gasteiger partial charge in [-0.3, -0.25) is 9.59 Å². The van der Waals surface area contributed by atoms with Gasteiger partial charge >= 0.3 is 5.97 Å². The predicted molar refractivity (Wildman–Crippen MR) is 93.6 cm³/mol. The molecule has 0 aromatic heterocycles. The summed E-state index contributed by atoms with van der Waals surface area (Å²) in [7, 11) is 1.46. The average Bonchev–Trinajstić information content (AvgIpc) is 2.95. The summed E-state index contributed by atoms with van der Waals surface area (Å²) in [5, 5.41) is 11.2. The largest absolute Gasteiger partial charge is 0.469 e. The number of ketones is 1. The number of methoxy groups -OCH3 is 1. The van der Waals surface area contributed by atoms with E-state index in [2.05, 4.69) is 13.8 Å². The highest BCUT2D eigenvalue weighted by Crippen LogP contribution is 2.67. The van der Waals surface area contributed by atoms with E-state index in [4.69, 9.17) is 4.74 Å². The molecule has 0 saturated heterocycles. The number of aliphatic hydroxyl groups is 1. The molecule has 0 radical (unpaired) electrons. The van der Waals surface area contributed by atoms with Crippen molar-refractivity contribution in [2.45, 2.75) is 71.3 Å². The first kappa shape index (κ1) is 17.5. The van der Waals surface area contributed by atoms with Gasteiger partial charge in [0.2, 0.25) is 0 Å². The number of fused-ring (bicyclic) bond motifs is 5. The Morgan fingerprint density at radius 1 is 1.16 bits per heavy atom. The third kappa shape index (κ3) is 2.28. The van der Waals surface area contributed by atoms with Gasteiger partial charge in [-0.1, -0.05) is 13.8 Å². The van der Waals surface area contributed by atoms with Crippen LogP contribution in [0.4, 0.5) is 0 Å². The Morgan fingerprint density at radius 3 is 2.64 bits per heavy atom. The van der Waals surface area contributed by atoms with Crippen LogP contribution in [-0.2, 0) is 14.3 Å². The smallest absolute Gasteiger partial charge is 0.309 e. The van der Waals surface area contributed by atoms with E-state index in [0.29, 0.717) is 35.9 Å². The fraction of sp³-hybridized carbons (Fsp3) is 0.905. The van der Waals surface area contributed by atoms with Gasteiger partial charge in [0.1, 0.15) is 5.78 Å². The molecule has 0 heterocycles. The molecule has 140 valence electrons. The zero-order valence-electron chi connectivity index (χ0n) is 15.8. The molecule has 0 aliphatic heterocycles. The van der Waals surface area contributed by atoms with Crippen LogP contribution in [0.1, 0.15) is 65.2 Å². The normalized spacial score (nSPS) is 52.1. The van der Waals surface area contributed by atoms with E-state index in [0.717, 1.165) is 44.9 Å². The van der Waals surface area contributed by atoms with Crippen LogP contribution < -0.4 is 0 Å². The van der Waals surface area contributed by atoms with Crippen LogP contribution in [0.5, 0.6) is 0 Å². The highest BCUT2D eigenvalue weighted by Gasteiger charge is 2.64. The summed E-state index contributed by atoms with van der Waals surface area (Å²) in [5.41, 5.74) is -0.162. The van der Waals surface area contributed by atoms with Crippen LogP contribution >= 0.6 is 0 Å². The molecule has 4 rings (SSSR count). The first-order chi connectivity index (χ1) is 11.8. The van der Waals surface area contributed by atoms with Crippen molar-refractivity contribution in [3.8, 4) is 0 Å². The van der Waals surface area contributed by atoms with Gasteiger partial charge in [-0.05, 0) is 67.6 Å². The second-order valence-corrected chi connectivity index (χ2v) is 9.67. The number of hydrogen-bond acceptors (Lipinski definition) is 4. The lowest BCUT2D eigenvalue weighted by Crippen LogP contribution is -2.58. The Kier molecular flexibility index (Phi) is 4.06. The van der Waals surface area contributed by atoms with Crippen molar-refractivity contribution in [1.82, 2.24) is 0 Å². The van der Waals surface area contributed by atoms with Crippen LogP contribution in [0.3, 0.4) is 0 Å². The molecular weight excluding hydrogens is 316 g/mol. The Bertz CT molecular complexity index is 586. The topological polar surface area (TPSA) is 63.6 Å². The quantitative estimate of drug-likeness (QED) is 0.738. The number of Topliss-reactive ketones (excluding diaryl/α,β-unsaturated/α-hetero) is 1. The SMILES string of the molecule is COC(=O)[C@H]1CC[C@H]2[C@@H]3CC[C@H]4CC(=O)CC[C@]4(C)[C@H]3C[C@H](O)[C@]12C. The summed E-state index contributed by atoms with van der Waals surface area (Å²) in [6.07, 6.45) is 6.91. The first-order valence-corrected chi connectivity index (χ1v) is 10.1. The van der Waals surface area contributed by atoms with Gasteiger partial charge in [-0.25, -0.2) is 0 Å². The number of ether oxygens (including phenoxy) is 1. The van der Waals surface area contributed by atoms with Gasteiger partial charge in [0, 0.05) is 18.3 Å². The van der Waals surface area contributed by atoms with Crippen molar-refractivity contribution >= 4 is 11.8 Å². The molecule has 0 aromatic rings. The van der Waals surface area contributed by atoms with E-state index < -0.39 is 6.10 Å². The van der Waals surface area contributed by atoms with E-state index in [1.54, 1.807) is 0 Å². The molecule has 4 aliphatic carbocycles. The number of rotatable bonds is 1. The summed E-state index contributed by atoms with van der Waals surface area (Å²) >= 11 is 0. The van der Waals surface area contributed by atoms with E-state index in [1.165, 1.54) is 7.11 Å². The zero-order valence-corrected chi connectivity index (χ0v) is 15.8. The van der Waals surface area contributed by atoms with Gasteiger partial charge in [0.25, 0.3) is 0 Å². The Labute approximate surface area is 150 Å². The van der Waals surface area contributed by atoms with Gasteiger partial charge in [-0.15, -0.1) is 0 Å². The van der Waals surface area contributed by atoms with Gasteiger partial charge in [0.05, 0.1) is 19.1 Å². The maximum absolute atomic E-state index is 12.3. The standard InChI is InChI=1S/C21H32O4/c1-20-9-8-13(22)10-12(20)4-5-14-15-6-7-16(19(24)25-3)21(15,2)18(23)11-17(14)20/h12,14-18,23H,4-11H2,1-3H3/t12-,14-,15-,16+,17-,18-,20-,21-/m0/s1. The molecule has 1 N–H and O–H groups in total. The van der Waals surface area contributed by atoms with E-state index in [1.807, 2.05) is 0 Å². The van der Waals surface area contributed by atoms with Crippen molar-refractivity contribution in [3.05, 3.63) is 0 Å². The highest BCUT2D eigenvalue weighted by molar-refractivity contribution is 5.79.